The van der Waals surface area contributed by atoms with Gasteiger partial charge in [0.25, 0.3) is 0 Å². The lowest BCUT2D eigenvalue weighted by molar-refractivity contribution is -0.0861. The van der Waals surface area contributed by atoms with Gasteiger partial charge in [0.15, 0.2) is 0 Å². The van der Waals surface area contributed by atoms with E-state index in [2.05, 4.69) is 91.5 Å². The smallest absolute Gasteiger partial charge is 0.111 e. The number of fused-ring (bicyclic) bond motifs is 1. The zero-order valence-corrected chi connectivity index (χ0v) is 18.1. The van der Waals surface area contributed by atoms with Crippen LogP contribution in [0.5, 0.6) is 0 Å². The second-order valence-corrected chi connectivity index (χ2v) is 10.0. The molecule has 6 rings (SSSR count). The molecular weight excluding hydrogens is 366 g/mol. The van der Waals surface area contributed by atoms with Gasteiger partial charge in [0, 0.05) is 24.5 Å². The molecule has 0 spiro atoms. The van der Waals surface area contributed by atoms with Gasteiger partial charge in [-0.25, -0.2) is 0 Å². The van der Waals surface area contributed by atoms with E-state index in [4.69, 9.17) is 4.74 Å². The van der Waals surface area contributed by atoms with Crippen LogP contribution in [-0.4, -0.2) is 23.5 Å². The van der Waals surface area contributed by atoms with Gasteiger partial charge in [-0.05, 0) is 53.5 Å². The topological polar surface area (TPSA) is 12.5 Å². The largest absolute Gasteiger partial charge is 0.364 e. The number of benzene rings is 3. The first-order valence-corrected chi connectivity index (χ1v) is 11.5. The summed E-state index contributed by atoms with van der Waals surface area (Å²) < 4.78 is 7.10. The minimum absolute atomic E-state index is 0.250. The van der Waals surface area contributed by atoms with Crippen molar-refractivity contribution in [3.63, 3.8) is 0 Å². The van der Waals surface area contributed by atoms with Crippen molar-refractivity contribution >= 4 is 10.8 Å². The normalized spacial score (nSPS) is 35.2. The Morgan fingerprint density at radius 3 is 2.57 bits per heavy atom. The first kappa shape index (κ1) is 18.6. The lowest BCUT2D eigenvalue weighted by atomic mass is 9.72. The first-order chi connectivity index (χ1) is 14.6. The molecule has 5 atom stereocenters. The molecule has 0 radical (unpaired) electrons. The average Bonchev–Trinajstić information content (AvgIpc) is 3.35. The van der Waals surface area contributed by atoms with Gasteiger partial charge in [-0.15, -0.1) is 0 Å². The Balaban J connectivity index is 1.50. The Hall–Kier alpha value is -2.16. The van der Waals surface area contributed by atoms with Crippen LogP contribution in [0.4, 0.5) is 0 Å². The second kappa shape index (κ2) is 6.67. The van der Waals surface area contributed by atoms with Gasteiger partial charge >= 0.3 is 0 Å². The van der Waals surface area contributed by atoms with E-state index in [9.17, 15) is 0 Å². The third kappa shape index (κ3) is 2.44. The van der Waals surface area contributed by atoms with E-state index in [1.807, 2.05) is 0 Å². The number of hydrogen-bond acceptors (Lipinski definition) is 2. The highest BCUT2D eigenvalue weighted by Gasteiger charge is 2.69. The molecule has 3 aliphatic rings. The van der Waals surface area contributed by atoms with E-state index in [1.165, 1.54) is 41.3 Å². The molecule has 2 nitrogen and oxygen atoms in total. The molecule has 3 aromatic rings. The molecule has 2 aliphatic heterocycles. The summed E-state index contributed by atoms with van der Waals surface area (Å²) in [5.41, 5.74) is 2.66. The molecule has 0 aromatic heterocycles. The van der Waals surface area contributed by atoms with Crippen LogP contribution in [0, 0.1) is 17.8 Å². The van der Waals surface area contributed by atoms with E-state index < -0.39 is 0 Å². The maximum absolute atomic E-state index is 7.10. The van der Waals surface area contributed by atoms with Gasteiger partial charge in [-0.1, -0.05) is 79.7 Å². The lowest BCUT2D eigenvalue weighted by Crippen LogP contribution is -2.43. The minimum Gasteiger partial charge on any atom is -0.364 e. The third-order valence-electron chi connectivity index (χ3n) is 8.67. The summed E-state index contributed by atoms with van der Waals surface area (Å²) >= 11 is 0. The summed E-state index contributed by atoms with van der Waals surface area (Å²) in [5, 5.41) is 2.67. The fourth-order valence-electron chi connectivity index (χ4n) is 7.39. The maximum atomic E-state index is 7.10. The summed E-state index contributed by atoms with van der Waals surface area (Å²) in [6.07, 6.45) is 2.60. The van der Waals surface area contributed by atoms with Crippen molar-refractivity contribution in [2.75, 3.05) is 13.1 Å². The van der Waals surface area contributed by atoms with Gasteiger partial charge in [0.05, 0.1) is 6.61 Å². The van der Waals surface area contributed by atoms with Crippen molar-refractivity contribution in [1.82, 2.24) is 4.90 Å². The Morgan fingerprint density at radius 1 is 0.933 bits per heavy atom. The summed E-state index contributed by atoms with van der Waals surface area (Å²) in [6, 6.07) is 26.3. The molecule has 0 N–H and O–H groups in total. The molecule has 2 heterocycles. The fourth-order valence-corrected chi connectivity index (χ4v) is 7.39. The van der Waals surface area contributed by atoms with Crippen molar-refractivity contribution in [2.45, 2.75) is 44.4 Å². The van der Waals surface area contributed by atoms with Crippen LogP contribution in [0.1, 0.15) is 37.8 Å². The van der Waals surface area contributed by atoms with Crippen LogP contribution >= 0.6 is 0 Å². The lowest BCUT2D eigenvalue weighted by Gasteiger charge is -2.39. The number of rotatable bonds is 4. The van der Waals surface area contributed by atoms with E-state index in [0.717, 1.165) is 18.4 Å². The molecule has 154 valence electrons. The van der Waals surface area contributed by atoms with Crippen LogP contribution in [0.2, 0.25) is 0 Å². The molecule has 2 heteroatoms. The molecule has 0 amide bonds. The molecule has 1 saturated carbocycles. The average molecular weight is 398 g/mol. The number of nitrogens with zero attached hydrogens (tertiary/aromatic N) is 1. The van der Waals surface area contributed by atoms with Crippen LogP contribution in [0.15, 0.2) is 72.8 Å². The van der Waals surface area contributed by atoms with Gasteiger partial charge in [0.1, 0.15) is 5.60 Å². The summed E-state index contributed by atoms with van der Waals surface area (Å²) in [7, 11) is 0. The van der Waals surface area contributed by atoms with Crippen molar-refractivity contribution < 1.29 is 4.74 Å². The monoisotopic (exact) mass is 397 g/mol. The highest BCUT2D eigenvalue weighted by atomic mass is 16.5. The number of hydrogen-bond donors (Lipinski definition) is 0. The van der Waals surface area contributed by atoms with Gasteiger partial charge in [-0.2, -0.15) is 0 Å². The molecule has 1 aliphatic carbocycles. The number of ether oxygens (including phenoxy) is 1. The zero-order chi connectivity index (χ0) is 20.3. The third-order valence-corrected chi connectivity index (χ3v) is 8.67. The molecular formula is C28H31NO. The Labute approximate surface area is 179 Å². The summed E-state index contributed by atoms with van der Waals surface area (Å²) in [4.78, 5) is 2.78. The zero-order valence-electron chi connectivity index (χ0n) is 18.1. The van der Waals surface area contributed by atoms with Crippen molar-refractivity contribution in [3.8, 4) is 0 Å². The Kier molecular flexibility index (Phi) is 4.13. The maximum Gasteiger partial charge on any atom is 0.111 e. The van der Waals surface area contributed by atoms with Crippen LogP contribution < -0.4 is 0 Å². The van der Waals surface area contributed by atoms with Gasteiger partial charge < -0.3 is 4.74 Å². The second-order valence-electron chi connectivity index (χ2n) is 10.0. The van der Waals surface area contributed by atoms with Gasteiger partial charge in [0.2, 0.25) is 0 Å². The van der Waals surface area contributed by atoms with Crippen molar-refractivity contribution in [1.29, 1.82) is 0 Å². The van der Waals surface area contributed by atoms with Crippen molar-refractivity contribution in [2.24, 2.45) is 17.8 Å². The molecule has 0 unspecified atom stereocenters. The molecule has 3 fully saturated rings. The fraction of sp³-hybridized carbons (Fsp3) is 0.429. The first-order valence-electron chi connectivity index (χ1n) is 11.5. The van der Waals surface area contributed by atoms with E-state index in [1.54, 1.807) is 0 Å². The molecule has 2 saturated heterocycles. The van der Waals surface area contributed by atoms with E-state index in [0.29, 0.717) is 12.5 Å². The molecule has 30 heavy (non-hydrogen) atoms. The SMILES string of the molecule is C[C@@H]1CN2C[C@](OCc3ccccc3)(c3cccc4ccccc34)[C@H]3CC[C@@H]1[C@]32C. The highest BCUT2D eigenvalue weighted by Crippen LogP contribution is 2.64. The van der Waals surface area contributed by atoms with E-state index >= 15 is 0 Å². The van der Waals surface area contributed by atoms with Crippen molar-refractivity contribution in [3.05, 3.63) is 83.9 Å². The molecule has 3 aromatic carbocycles. The predicted octanol–water partition coefficient (Wildman–Crippen LogP) is 6.00. The summed E-state index contributed by atoms with van der Waals surface area (Å²) in [6.45, 7) is 7.89. The quantitative estimate of drug-likeness (QED) is 0.535. The van der Waals surface area contributed by atoms with Crippen LogP contribution in [-0.2, 0) is 16.9 Å². The van der Waals surface area contributed by atoms with Gasteiger partial charge in [-0.3, -0.25) is 4.90 Å². The Bertz CT molecular complexity index is 1070. The minimum atomic E-state index is -0.250. The van der Waals surface area contributed by atoms with Crippen LogP contribution in [0.3, 0.4) is 0 Å². The Morgan fingerprint density at radius 2 is 1.70 bits per heavy atom. The summed E-state index contributed by atoms with van der Waals surface area (Å²) in [5.74, 6) is 2.12. The highest BCUT2D eigenvalue weighted by molar-refractivity contribution is 5.86. The van der Waals surface area contributed by atoms with E-state index in [-0.39, 0.29) is 11.1 Å². The van der Waals surface area contributed by atoms with Crippen LogP contribution in [0.25, 0.3) is 10.8 Å². The standard InChI is InChI=1S/C28H31NO/c1-20-17-29-19-28(26-16-15-24(20)27(26,29)2,30-18-21-9-4-3-5-10-21)25-14-8-12-22-11-6-7-13-23(22)25/h3-14,20,24,26H,15-19H2,1-2H3/t20-,24+,26+,27-,28+/m1/s1. The predicted molar refractivity (Wildman–Crippen MR) is 122 cm³/mol. The molecule has 0 bridgehead atoms.